The van der Waals surface area contributed by atoms with E-state index in [-0.39, 0.29) is 5.91 Å². The van der Waals surface area contributed by atoms with Gasteiger partial charge in [0, 0.05) is 23.7 Å². The molecule has 2 aromatic rings. The number of amides is 1. The van der Waals surface area contributed by atoms with Crippen molar-refractivity contribution < 1.29 is 4.79 Å². The first-order chi connectivity index (χ1) is 6.84. The highest BCUT2D eigenvalue weighted by molar-refractivity contribution is 6.01. The van der Waals surface area contributed by atoms with E-state index in [1.54, 1.807) is 6.20 Å². The topological polar surface area (TPSA) is 42.0 Å². The normalized spacial score (nSPS) is 14.1. The molecule has 0 spiro atoms. The minimum atomic E-state index is 0.00699. The molecule has 0 saturated carbocycles. The lowest BCUT2D eigenvalue weighted by Crippen LogP contribution is -2.12. The Morgan fingerprint density at radius 3 is 3.21 bits per heavy atom. The Hall–Kier alpha value is -1.90. The Labute approximate surface area is 80.8 Å². The van der Waals surface area contributed by atoms with Gasteiger partial charge in [-0.05, 0) is 23.8 Å². The lowest BCUT2D eigenvalue weighted by molar-refractivity contribution is 0.0966. The second-order valence-corrected chi connectivity index (χ2v) is 3.39. The highest BCUT2D eigenvalue weighted by atomic mass is 16.1. The van der Waals surface area contributed by atoms with Gasteiger partial charge in [-0.1, -0.05) is 6.07 Å². The summed E-state index contributed by atoms with van der Waals surface area (Å²) in [5.41, 5.74) is 2.70. The van der Waals surface area contributed by atoms with Crippen molar-refractivity contribution in [1.29, 1.82) is 0 Å². The van der Waals surface area contributed by atoms with E-state index in [1.165, 1.54) is 0 Å². The zero-order valence-electron chi connectivity index (χ0n) is 7.45. The van der Waals surface area contributed by atoms with Gasteiger partial charge in [0.25, 0.3) is 5.91 Å². The van der Waals surface area contributed by atoms with E-state index in [4.69, 9.17) is 0 Å². The SMILES string of the molecule is O=C1NCc2cc3cccnc3cc21. The summed E-state index contributed by atoms with van der Waals surface area (Å²) in [6.45, 7) is 0.638. The van der Waals surface area contributed by atoms with Crippen molar-refractivity contribution in [3.05, 3.63) is 41.6 Å². The van der Waals surface area contributed by atoms with Gasteiger partial charge in [0.1, 0.15) is 0 Å². The van der Waals surface area contributed by atoms with Crippen LogP contribution in [0.15, 0.2) is 30.5 Å². The number of nitrogens with one attached hydrogen (secondary N) is 1. The fourth-order valence-electron chi connectivity index (χ4n) is 1.80. The molecule has 1 aromatic carbocycles. The molecule has 0 atom stereocenters. The largest absolute Gasteiger partial charge is 0.348 e. The van der Waals surface area contributed by atoms with Crippen molar-refractivity contribution in [3.8, 4) is 0 Å². The summed E-state index contributed by atoms with van der Waals surface area (Å²) in [4.78, 5) is 15.6. The molecule has 1 aliphatic heterocycles. The molecule has 1 aliphatic rings. The molecule has 3 nitrogen and oxygen atoms in total. The van der Waals surface area contributed by atoms with Gasteiger partial charge in [-0.25, -0.2) is 0 Å². The fraction of sp³-hybridized carbons (Fsp3) is 0.0909. The summed E-state index contributed by atoms with van der Waals surface area (Å²) >= 11 is 0. The molecule has 1 aromatic heterocycles. The van der Waals surface area contributed by atoms with Crippen molar-refractivity contribution >= 4 is 16.8 Å². The number of fused-ring (bicyclic) bond motifs is 2. The van der Waals surface area contributed by atoms with Crippen LogP contribution in [0.5, 0.6) is 0 Å². The van der Waals surface area contributed by atoms with Gasteiger partial charge in [-0.3, -0.25) is 9.78 Å². The molecule has 2 heterocycles. The second-order valence-electron chi connectivity index (χ2n) is 3.39. The minimum absolute atomic E-state index is 0.00699. The Morgan fingerprint density at radius 2 is 2.29 bits per heavy atom. The monoisotopic (exact) mass is 184 g/mol. The van der Waals surface area contributed by atoms with Crippen molar-refractivity contribution in [2.24, 2.45) is 0 Å². The van der Waals surface area contributed by atoms with Gasteiger partial charge in [0.15, 0.2) is 0 Å². The van der Waals surface area contributed by atoms with Gasteiger partial charge in [-0.15, -0.1) is 0 Å². The predicted molar refractivity (Wildman–Crippen MR) is 52.9 cm³/mol. The van der Waals surface area contributed by atoms with E-state index in [2.05, 4.69) is 10.3 Å². The molecular weight excluding hydrogens is 176 g/mol. The average molecular weight is 184 g/mol. The van der Waals surface area contributed by atoms with E-state index in [9.17, 15) is 4.79 Å². The average Bonchev–Trinajstić information content (AvgIpc) is 2.57. The first-order valence-corrected chi connectivity index (χ1v) is 4.50. The van der Waals surface area contributed by atoms with Gasteiger partial charge in [0.05, 0.1) is 5.52 Å². The van der Waals surface area contributed by atoms with Crippen LogP contribution in [0, 0.1) is 0 Å². The van der Waals surface area contributed by atoms with Crippen LogP contribution in [0.4, 0.5) is 0 Å². The molecule has 0 fully saturated rings. The standard InChI is InChI=1S/C11H8N2O/c14-11-9-5-10-7(2-1-3-12-10)4-8(9)6-13-11/h1-5H,6H2,(H,13,14). The molecule has 68 valence electrons. The Kier molecular flexibility index (Phi) is 1.36. The fourth-order valence-corrected chi connectivity index (χ4v) is 1.80. The maximum absolute atomic E-state index is 11.4. The van der Waals surface area contributed by atoms with Crippen molar-refractivity contribution in [3.63, 3.8) is 0 Å². The second kappa shape index (κ2) is 2.54. The highest BCUT2D eigenvalue weighted by Crippen LogP contribution is 2.21. The molecule has 3 rings (SSSR count). The van der Waals surface area contributed by atoms with Crippen LogP contribution in [0.2, 0.25) is 0 Å². The van der Waals surface area contributed by atoms with Crippen LogP contribution >= 0.6 is 0 Å². The lowest BCUT2D eigenvalue weighted by atomic mass is 10.1. The number of nitrogens with zero attached hydrogens (tertiary/aromatic N) is 1. The first-order valence-electron chi connectivity index (χ1n) is 4.50. The summed E-state index contributed by atoms with van der Waals surface area (Å²) in [5.74, 6) is 0.00699. The molecule has 14 heavy (non-hydrogen) atoms. The zero-order chi connectivity index (χ0) is 9.54. The van der Waals surface area contributed by atoms with Crippen LogP contribution in [0.1, 0.15) is 15.9 Å². The molecule has 0 radical (unpaired) electrons. The molecule has 1 amide bonds. The molecular formula is C11H8N2O. The van der Waals surface area contributed by atoms with Crippen LogP contribution in [0.3, 0.4) is 0 Å². The minimum Gasteiger partial charge on any atom is -0.348 e. The van der Waals surface area contributed by atoms with Gasteiger partial charge >= 0.3 is 0 Å². The molecule has 3 heteroatoms. The lowest BCUT2D eigenvalue weighted by Gasteiger charge is -1.99. The Morgan fingerprint density at radius 1 is 1.36 bits per heavy atom. The zero-order valence-corrected chi connectivity index (χ0v) is 7.45. The number of rotatable bonds is 0. The third-order valence-electron chi connectivity index (χ3n) is 2.51. The number of hydrogen-bond donors (Lipinski definition) is 1. The quantitative estimate of drug-likeness (QED) is 0.673. The van der Waals surface area contributed by atoms with Crippen LogP contribution in [-0.4, -0.2) is 10.9 Å². The number of aromatic nitrogens is 1. The highest BCUT2D eigenvalue weighted by Gasteiger charge is 2.18. The third-order valence-corrected chi connectivity index (χ3v) is 2.51. The van der Waals surface area contributed by atoms with Gasteiger partial charge < -0.3 is 5.32 Å². The summed E-state index contributed by atoms with van der Waals surface area (Å²) in [7, 11) is 0. The molecule has 0 bridgehead atoms. The Balaban J connectivity index is 2.38. The third kappa shape index (κ3) is 0.923. The number of carbonyl (C=O) groups excluding carboxylic acids is 1. The summed E-state index contributed by atoms with van der Waals surface area (Å²) in [6, 6.07) is 7.78. The molecule has 0 aliphatic carbocycles. The summed E-state index contributed by atoms with van der Waals surface area (Å²) in [6.07, 6.45) is 1.74. The van der Waals surface area contributed by atoms with Gasteiger partial charge in [0.2, 0.25) is 0 Å². The van der Waals surface area contributed by atoms with Gasteiger partial charge in [-0.2, -0.15) is 0 Å². The molecule has 0 saturated heterocycles. The smallest absolute Gasteiger partial charge is 0.251 e. The Bertz CT molecular complexity index is 534. The van der Waals surface area contributed by atoms with Crippen LogP contribution in [-0.2, 0) is 6.54 Å². The number of hydrogen-bond acceptors (Lipinski definition) is 2. The van der Waals surface area contributed by atoms with Crippen molar-refractivity contribution in [2.45, 2.75) is 6.54 Å². The first kappa shape index (κ1) is 7.50. The van der Waals surface area contributed by atoms with Crippen LogP contribution < -0.4 is 5.32 Å². The van der Waals surface area contributed by atoms with E-state index >= 15 is 0 Å². The molecule has 1 N–H and O–H groups in total. The summed E-state index contributed by atoms with van der Waals surface area (Å²) in [5, 5.41) is 3.88. The maximum Gasteiger partial charge on any atom is 0.251 e. The van der Waals surface area contributed by atoms with Crippen molar-refractivity contribution in [1.82, 2.24) is 10.3 Å². The number of benzene rings is 1. The van der Waals surface area contributed by atoms with E-state index in [0.717, 1.165) is 22.0 Å². The maximum atomic E-state index is 11.4. The summed E-state index contributed by atoms with van der Waals surface area (Å²) < 4.78 is 0. The number of carbonyl (C=O) groups is 1. The van der Waals surface area contributed by atoms with Crippen LogP contribution in [0.25, 0.3) is 10.9 Å². The van der Waals surface area contributed by atoms with E-state index in [1.807, 2.05) is 24.3 Å². The van der Waals surface area contributed by atoms with E-state index in [0.29, 0.717) is 6.54 Å². The predicted octanol–water partition coefficient (Wildman–Crippen LogP) is 1.48. The van der Waals surface area contributed by atoms with E-state index < -0.39 is 0 Å². The number of pyridine rings is 1. The van der Waals surface area contributed by atoms with Crippen molar-refractivity contribution in [2.75, 3.05) is 0 Å². The molecule has 0 unspecified atom stereocenters.